The highest BCUT2D eigenvalue weighted by atomic mass is 16.2. The average Bonchev–Trinajstić information content (AvgIpc) is 3.18. The van der Waals surface area contributed by atoms with Crippen LogP contribution in [0.25, 0.3) is 21.5 Å². The molecule has 0 bridgehead atoms. The van der Waals surface area contributed by atoms with E-state index in [-0.39, 0.29) is 78.1 Å². The summed E-state index contributed by atoms with van der Waals surface area (Å²) in [4.78, 5) is 115. The van der Waals surface area contributed by atoms with E-state index in [0.717, 1.165) is 51.4 Å². The zero-order valence-electron chi connectivity index (χ0n) is 31.9. The van der Waals surface area contributed by atoms with Gasteiger partial charge >= 0.3 is 0 Å². The molecule has 0 spiro atoms. The maximum Gasteiger partial charge on any atom is 0.281 e. The summed E-state index contributed by atoms with van der Waals surface area (Å²) in [7, 11) is 0. The van der Waals surface area contributed by atoms with E-state index in [1.165, 1.54) is 58.3 Å². The zero-order valence-corrected chi connectivity index (χ0v) is 31.9. The quantitative estimate of drug-likeness (QED) is 0.0996. The molecule has 4 heterocycles. The van der Waals surface area contributed by atoms with Gasteiger partial charge in [-0.05, 0) is 75.2 Å². The minimum atomic E-state index is -0.984. The molecule has 0 aliphatic carbocycles. The second-order valence-corrected chi connectivity index (χ2v) is 15.3. The Kier molecular flexibility index (Phi) is 9.17. The van der Waals surface area contributed by atoms with E-state index in [1.54, 1.807) is 0 Å². The molecule has 4 aliphatic heterocycles. The van der Waals surface area contributed by atoms with Crippen LogP contribution in [0, 0.1) is 0 Å². The first-order valence-electron chi connectivity index (χ1n) is 19.7. The highest BCUT2D eigenvalue weighted by Gasteiger charge is 2.48. The first-order valence-corrected chi connectivity index (χ1v) is 19.7. The minimum Gasteiger partial charge on any atom is -0.272 e. The summed E-state index contributed by atoms with van der Waals surface area (Å²) in [6, 6.07) is 10.6. The van der Waals surface area contributed by atoms with Crippen molar-refractivity contribution in [3.05, 3.63) is 93.0 Å². The number of nitrogens with zero attached hydrogens (tertiary/aromatic N) is 4. The third-order valence-electron chi connectivity index (χ3n) is 11.8. The summed E-state index contributed by atoms with van der Waals surface area (Å²) in [5.41, 5.74) is 0.500. The third-order valence-corrected chi connectivity index (χ3v) is 11.8. The lowest BCUT2D eigenvalue weighted by molar-refractivity contribution is 0.00211. The van der Waals surface area contributed by atoms with Crippen molar-refractivity contribution in [1.82, 2.24) is 19.8 Å². The molecule has 0 fully saturated rings. The van der Waals surface area contributed by atoms with E-state index in [1.807, 2.05) is 13.8 Å². The predicted octanol–water partition coefficient (Wildman–Crippen LogP) is 7.71. The van der Waals surface area contributed by atoms with Gasteiger partial charge in [-0.25, -0.2) is 0 Å². The van der Waals surface area contributed by atoms with Crippen LogP contribution < -0.4 is 0 Å². The van der Waals surface area contributed by atoms with Gasteiger partial charge in [0.2, 0.25) is 0 Å². The van der Waals surface area contributed by atoms with Gasteiger partial charge in [-0.15, -0.1) is 0 Å². The van der Waals surface area contributed by atoms with Crippen LogP contribution in [0.1, 0.15) is 175 Å². The number of amides is 8. The van der Waals surface area contributed by atoms with Crippen LogP contribution in [-0.4, -0.2) is 79.2 Å². The Hall–Kier alpha value is -6.04. The Labute approximate surface area is 323 Å². The van der Waals surface area contributed by atoms with Crippen molar-refractivity contribution in [2.75, 3.05) is 0 Å². The molecule has 8 amide bonds. The van der Waals surface area contributed by atoms with Crippen LogP contribution in [0.3, 0.4) is 0 Å². The van der Waals surface area contributed by atoms with Crippen LogP contribution in [0.5, 0.6) is 0 Å². The molecule has 4 aromatic rings. The van der Waals surface area contributed by atoms with Crippen molar-refractivity contribution in [2.24, 2.45) is 0 Å². The molecule has 12 nitrogen and oxygen atoms in total. The predicted molar refractivity (Wildman–Crippen MR) is 206 cm³/mol. The van der Waals surface area contributed by atoms with Gasteiger partial charge in [0.05, 0.1) is 22.3 Å². The molecule has 56 heavy (non-hydrogen) atoms. The first kappa shape index (κ1) is 36.9. The summed E-state index contributed by atoms with van der Waals surface area (Å²) in [6.07, 6.45) is 9.23. The van der Waals surface area contributed by atoms with E-state index in [0.29, 0.717) is 22.9 Å². The van der Waals surface area contributed by atoms with Gasteiger partial charge in [0.25, 0.3) is 47.3 Å². The maximum atomic E-state index is 14.3. The SMILES string of the molecule is CCCCCCCC(C)N1C(=O)c2ccc3c4c(ccc(c24)C1=O)C(=O)N(N1C(=O)c2ccc4c5c(ccc(c25)C1=O)C(=O)N(C(C)CCCCC)C4=O)C3=O. The molecule has 2 atom stereocenters. The number of imide groups is 4. The molecule has 0 N–H and O–H groups in total. The molecule has 0 radical (unpaired) electrons. The van der Waals surface area contributed by atoms with Crippen LogP contribution in [0.2, 0.25) is 0 Å². The Morgan fingerprint density at radius 3 is 0.875 bits per heavy atom. The lowest BCUT2D eigenvalue weighted by Gasteiger charge is -2.39. The van der Waals surface area contributed by atoms with Crippen molar-refractivity contribution in [3.8, 4) is 0 Å². The van der Waals surface area contributed by atoms with Gasteiger partial charge in [0, 0.05) is 55.9 Å². The number of unbranched alkanes of at least 4 members (excludes halogenated alkanes) is 6. The van der Waals surface area contributed by atoms with Crippen molar-refractivity contribution >= 4 is 68.8 Å². The minimum absolute atomic E-state index is 0.0563. The van der Waals surface area contributed by atoms with Crippen molar-refractivity contribution in [2.45, 2.75) is 104 Å². The molecule has 2 unspecified atom stereocenters. The summed E-state index contributed by atoms with van der Waals surface area (Å²) in [5.74, 6) is -6.01. The first-order chi connectivity index (χ1) is 26.9. The van der Waals surface area contributed by atoms with E-state index in [2.05, 4.69) is 13.8 Å². The number of carbonyl (C=O) groups excluding carboxylic acids is 8. The molecule has 0 saturated heterocycles. The van der Waals surface area contributed by atoms with Crippen LogP contribution in [0.15, 0.2) is 48.5 Å². The second kappa shape index (κ2) is 13.9. The average molecular weight is 755 g/mol. The number of rotatable bonds is 13. The molecule has 0 aromatic heterocycles. The number of hydrazine groups is 1. The van der Waals surface area contributed by atoms with Gasteiger partial charge in [-0.2, -0.15) is 10.0 Å². The Morgan fingerprint density at radius 1 is 0.357 bits per heavy atom. The number of hydrogen-bond donors (Lipinski definition) is 0. The van der Waals surface area contributed by atoms with Crippen LogP contribution >= 0.6 is 0 Å². The summed E-state index contributed by atoms with van der Waals surface area (Å²) < 4.78 is 0. The fourth-order valence-electron chi connectivity index (χ4n) is 8.92. The van der Waals surface area contributed by atoms with E-state index in [4.69, 9.17) is 0 Å². The van der Waals surface area contributed by atoms with E-state index < -0.39 is 47.3 Å². The molecule has 4 aliphatic rings. The Morgan fingerprint density at radius 2 is 0.589 bits per heavy atom. The molecular formula is C44H42N4O8. The van der Waals surface area contributed by atoms with Crippen molar-refractivity contribution < 1.29 is 38.4 Å². The van der Waals surface area contributed by atoms with Crippen molar-refractivity contribution in [3.63, 3.8) is 0 Å². The highest BCUT2D eigenvalue weighted by molar-refractivity contribution is 6.37. The third kappa shape index (κ3) is 5.25. The number of carbonyl (C=O) groups is 8. The zero-order chi connectivity index (χ0) is 39.7. The lowest BCUT2D eigenvalue weighted by atomic mass is 9.85. The Bertz CT molecular complexity index is 2340. The molecule has 12 heteroatoms. The van der Waals surface area contributed by atoms with Gasteiger partial charge < -0.3 is 0 Å². The number of hydrogen-bond acceptors (Lipinski definition) is 8. The lowest BCUT2D eigenvalue weighted by Crippen LogP contribution is -2.58. The molecule has 286 valence electrons. The summed E-state index contributed by atoms with van der Waals surface area (Å²) in [5, 5.41) is 1.60. The largest absolute Gasteiger partial charge is 0.281 e. The standard InChI is InChI=1S/C44H42N4O8/c1-5-7-9-10-12-14-24(4)46-39(51)27-17-21-31-36-32(22-18-28(34(27)36)40(46)52)44(56)48(43(31)55)47-41(53)29-19-15-25-33-26(16-20-30(35(29)33)42(47)54)38(50)45(37(25)49)23(3)13-11-8-6-2/h15-24H,5-14H2,1-4H3. The maximum absolute atomic E-state index is 14.3. The highest BCUT2D eigenvalue weighted by Crippen LogP contribution is 2.42. The van der Waals surface area contributed by atoms with Gasteiger partial charge in [-0.1, -0.05) is 65.2 Å². The smallest absolute Gasteiger partial charge is 0.272 e. The summed E-state index contributed by atoms with van der Waals surface area (Å²) in [6.45, 7) is 7.87. The second-order valence-electron chi connectivity index (χ2n) is 15.3. The van der Waals surface area contributed by atoms with Crippen molar-refractivity contribution in [1.29, 1.82) is 0 Å². The van der Waals surface area contributed by atoms with Crippen LogP contribution in [-0.2, 0) is 0 Å². The molecule has 0 saturated carbocycles. The van der Waals surface area contributed by atoms with E-state index in [9.17, 15) is 38.4 Å². The van der Waals surface area contributed by atoms with Gasteiger partial charge in [-0.3, -0.25) is 48.2 Å². The monoisotopic (exact) mass is 754 g/mol. The molecular weight excluding hydrogens is 713 g/mol. The Balaban J connectivity index is 1.13. The molecule has 4 aromatic carbocycles. The van der Waals surface area contributed by atoms with Crippen LogP contribution in [0.4, 0.5) is 0 Å². The topological polar surface area (TPSA) is 150 Å². The fourth-order valence-corrected chi connectivity index (χ4v) is 8.92. The van der Waals surface area contributed by atoms with Gasteiger partial charge in [0.15, 0.2) is 0 Å². The normalized spacial score (nSPS) is 17.3. The van der Waals surface area contributed by atoms with Gasteiger partial charge in [0.1, 0.15) is 0 Å². The molecule has 8 rings (SSSR count). The number of benzene rings is 4. The fraction of sp³-hybridized carbons (Fsp3) is 0.364. The van der Waals surface area contributed by atoms with E-state index >= 15 is 0 Å². The summed E-state index contributed by atoms with van der Waals surface area (Å²) >= 11 is 0.